The first-order valence-electron chi connectivity index (χ1n) is 7.65. The van der Waals surface area contributed by atoms with Gasteiger partial charge in [0.05, 0.1) is 16.4 Å². The average Bonchev–Trinajstić information content (AvgIpc) is 2.52. The van der Waals surface area contributed by atoms with Crippen molar-refractivity contribution in [3.8, 4) is 0 Å². The van der Waals surface area contributed by atoms with E-state index in [1.807, 2.05) is 11.7 Å². The molecule has 0 saturated heterocycles. The van der Waals surface area contributed by atoms with Crippen LogP contribution in [-0.4, -0.2) is 15.3 Å². The molecule has 2 rings (SSSR count). The highest BCUT2D eigenvalue weighted by Gasteiger charge is 2.41. The summed E-state index contributed by atoms with van der Waals surface area (Å²) in [6, 6.07) is 0. The molecule has 1 aliphatic carbocycles. The third kappa shape index (κ3) is 3.20. The van der Waals surface area contributed by atoms with Crippen molar-refractivity contribution in [3.05, 3.63) is 16.4 Å². The molecule has 4 heteroatoms. The highest BCUT2D eigenvalue weighted by molar-refractivity contribution is 6.31. The molecule has 1 aromatic heterocycles. The zero-order chi connectivity index (χ0) is 15.1. The van der Waals surface area contributed by atoms with Gasteiger partial charge in [-0.2, -0.15) is 5.10 Å². The fraction of sp³-hybridized carbons (Fsp3) is 0.812. The highest BCUT2D eigenvalue weighted by Crippen LogP contribution is 2.44. The maximum atomic E-state index is 6.75. The smallest absolute Gasteiger partial charge is 0.0850 e. The second-order valence-corrected chi connectivity index (χ2v) is 7.96. The molecule has 3 nitrogen and oxygen atoms in total. The molecule has 0 spiro atoms. The Morgan fingerprint density at radius 2 is 2.05 bits per heavy atom. The van der Waals surface area contributed by atoms with Crippen molar-refractivity contribution in [1.82, 2.24) is 9.78 Å². The number of nitrogens with zero attached hydrogens (tertiary/aromatic N) is 2. The van der Waals surface area contributed by atoms with E-state index in [0.29, 0.717) is 11.3 Å². The molecule has 1 aliphatic rings. The van der Waals surface area contributed by atoms with Gasteiger partial charge in [-0.3, -0.25) is 4.68 Å². The molecule has 1 fully saturated rings. The monoisotopic (exact) mass is 297 g/mol. The summed E-state index contributed by atoms with van der Waals surface area (Å²) in [5.74, 6) is 0.668. The first kappa shape index (κ1) is 15.8. The summed E-state index contributed by atoms with van der Waals surface area (Å²) >= 11 is 6.48. The molecule has 0 aromatic carbocycles. The summed E-state index contributed by atoms with van der Waals surface area (Å²) in [6.07, 6.45) is 5.06. The summed E-state index contributed by atoms with van der Waals surface area (Å²) in [6.45, 7) is 9.05. The molecule has 0 bridgehead atoms. The van der Waals surface area contributed by atoms with Crippen LogP contribution < -0.4 is 5.73 Å². The largest absolute Gasteiger partial charge is 0.325 e. The van der Waals surface area contributed by atoms with Crippen LogP contribution in [0.4, 0.5) is 0 Å². The standard InChI is InChI=1S/C16H28ClN3/c1-6-12-14(17)13(20(5)19-12)9-16(18)8-11(2)7-15(3,4)10-16/h11H,6-10,18H2,1-5H3. The molecule has 1 saturated carbocycles. The molecule has 0 aliphatic heterocycles. The van der Waals surface area contributed by atoms with Gasteiger partial charge in [-0.1, -0.05) is 39.3 Å². The fourth-order valence-corrected chi connectivity index (χ4v) is 4.65. The zero-order valence-corrected chi connectivity index (χ0v) is 14.2. The van der Waals surface area contributed by atoms with Crippen molar-refractivity contribution in [2.45, 2.75) is 65.3 Å². The second kappa shape index (κ2) is 5.34. The van der Waals surface area contributed by atoms with E-state index in [1.165, 1.54) is 6.42 Å². The summed E-state index contributed by atoms with van der Waals surface area (Å²) in [5, 5.41) is 5.33. The minimum Gasteiger partial charge on any atom is -0.325 e. The zero-order valence-electron chi connectivity index (χ0n) is 13.5. The van der Waals surface area contributed by atoms with Crippen LogP contribution in [0, 0.1) is 11.3 Å². The van der Waals surface area contributed by atoms with Crippen LogP contribution in [0.25, 0.3) is 0 Å². The van der Waals surface area contributed by atoms with Gasteiger partial charge in [0, 0.05) is 19.0 Å². The van der Waals surface area contributed by atoms with Crippen molar-refractivity contribution in [3.63, 3.8) is 0 Å². The molecule has 0 amide bonds. The summed E-state index contributed by atoms with van der Waals surface area (Å²) in [4.78, 5) is 0. The van der Waals surface area contributed by atoms with Gasteiger partial charge in [-0.15, -0.1) is 0 Å². The topological polar surface area (TPSA) is 43.8 Å². The van der Waals surface area contributed by atoms with Crippen molar-refractivity contribution in [2.75, 3.05) is 0 Å². The third-order valence-corrected chi connectivity index (χ3v) is 4.95. The van der Waals surface area contributed by atoms with Crippen molar-refractivity contribution < 1.29 is 0 Å². The van der Waals surface area contributed by atoms with Gasteiger partial charge in [0.2, 0.25) is 0 Å². The van der Waals surface area contributed by atoms with Gasteiger partial charge in [-0.05, 0) is 37.0 Å². The lowest BCUT2D eigenvalue weighted by Gasteiger charge is -2.45. The normalized spacial score (nSPS) is 29.6. The molecule has 2 N–H and O–H groups in total. The van der Waals surface area contributed by atoms with Crippen LogP contribution in [0.15, 0.2) is 0 Å². The lowest BCUT2D eigenvalue weighted by molar-refractivity contribution is 0.107. The maximum Gasteiger partial charge on any atom is 0.0850 e. The van der Waals surface area contributed by atoms with Crippen LogP contribution in [0.2, 0.25) is 5.02 Å². The van der Waals surface area contributed by atoms with Crippen LogP contribution in [0.1, 0.15) is 58.3 Å². The minimum atomic E-state index is -0.163. The lowest BCUT2D eigenvalue weighted by Crippen LogP contribution is -2.51. The van der Waals surface area contributed by atoms with Crippen LogP contribution in [-0.2, 0) is 19.9 Å². The van der Waals surface area contributed by atoms with Gasteiger partial charge >= 0.3 is 0 Å². The Kier molecular flexibility index (Phi) is 4.23. The van der Waals surface area contributed by atoms with Gasteiger partial charge in [0.25, 0.3) is 0 Å². The average molecular weight is 298 g/mol. The molecular weight excluding hydrogens is 270 g/mol. The van der Waals surface area contributed by atoms with E-state index in [0.717, 1.165) is 42.1 Å². The predicted octanol–water partition coefficient (Wildman–Crippen LogP) is 3.72. The Morgan fingerprint density at radius 3 is 2.55 bits per heavy atom. The van der Waals surface area contributed by atoms with Crippen LogP contribution in [0.5, 0.6) is 0 Å². The quantitative estimate of drug-likeness (QED) is 0.924. The van der Waals surface area contributed by atoms with Gasteiger partial charge < -0.3 is 5.73 Å². The number of halogens is 1. The molecule has 1 aromatic rings. The maximum absolute atomic E-state index is 6.75. The SMILES string of the molecule is CCc1nn(C)c(CC2(N)CC(C)CC(C)(C)C2)c1Cl. The van der Waals surface area contributed by atoms with E-state index >= 15 is 0 Å². The van der Waals surface area contributed by atoms with Gasteiger partial charge in [0.15, 0.2) is 0 Å². The number of aryl methyl sites for hydroxylation is 2. The van der Waals surface area contributed by atoms with Crippen molar-refractivity contribution in [1.29, 1.82) is 0 Å². The molecule has 114 valence electrons. The van der Waals surface area contributed by atoms with Crippen molar-refractivity contribution in [2.24, 2.45) is 24.1 Å². The number of hydrogen-bond donors (Lipinski definition) is 1. The highest BCUT2D eigenvalue weighted by atomic mass is 35.5. The minimum absolute atomic E-state index is 0.163. The van der Waals surface area contributed by atoms with Crippen LogP contribution >= 0.6 is 11.6 Å². The Labute approximate surface area is 127 Å². The molecule has 2 atom stereocenters. The summed E-state index contributed by atoms with van der Waals surface area (Å²) in [5.41, 5.74) is 8.97. The van der Waals surface area contributed by atoms with Gasteiger partial charge in [-0.25, -0.2) is 0 Å². The number of aromatic nitrogens is 2. The third-order valence-electron chi connectivity index (χ3n) is 4.51. The Balaban J connectivity index is 2.26. The van der Waals surface area contributed by atoms with E-state index in [4.69, 9.17) is 17.3 Å². The lowest BCUT2D eigenvalue weighted by atomic mass is 9.63. The number of nitrogens with two attached hydrogens (primary N) is 1. The fourth-order valence-electron chi connectivity index (χ4n) is 4.29. The second-order valence-electron chi connectivity index (χ2n) is 7.58. The molecule has 0 radical (unpaired) electrons. The van der Waals surface area contributed by atoms with E-state index in [1.54, 1.807) is 0 Å². The predicted molar refractivity (Wildman–Crippen MR) is 85.0 cm³/mol. The van der Waals surface area contributed by atoms with Gasteiger partial charge in [0.1, 0.15) is 0 Å². The Hall–Kier alpha value is -0.540. The number of hydrogen-bond acceptors (Lipinski definition) is 2. The van der Waals surface area contributed by atoms with E-state index in [9.17, 15) is 0 Å². The Morgan fingerprint density at radius 1 is 1.40 bits per heavy atom. The van der Waals surface area contributed by atoms with E-state index in [2.05, 4.69) is 32.8 Å². The van der Waals surface area contributed by atoms with E-state index in [-0.39, 0.29) is 5.54 Å². The van der Waals surface area contributed by atoms with Crippen LogP contribution in [0.3, 0.4) is 0 Å². The van der Waals surface area contributed by atoms with Crippen molar-refractivity contribution >= 4 is 11.6 Å². The molecular formula is C16H28ClN3. The summed E-state index contributed by atoms with van der Waals surface area (Å²) in [7, 11) is 1.97. The van der Waals surface area contributed by atoms with E-state index < -0.39 is 0 Å². The molecule has 1 heterocycles. The Bertz CT molecular complexity index is 492. The first-order valence-corrected chi connectivity index (χ1v) is 8.03. The first-order chi connectivity index (χ1) is 9.16. The molecule has 2 unspecified atom stereocenters. The number of rotatable bonds is 3. The molecule has 20 heavy (non-hydrogen) atoms. The summed E-state index contributed by atoms with van der Waals surface area (Å²) < 4.78 is 1.92.